The maximum Gasteiger partial charge on any atom is 0.310 e. The molecule has 10 nitrogen and oxygen atoms in total. The van der Waals surface area contributed by atoms with Crippen LogP contribution in [0, 0.1) is 5.92 Å². The van der Waals surface area contributed by atoms with E-state index in [1.165, 1.54) is 4.90 Å². The fourth-order valence-electron chi connectivity index (χ4n) is 3.61. The van der Waals surface area contributed by atoms with Crippen molar-refractivity contribution in [3.05, 3.63) is 34.6 Å². The first-order chi connectivity index (χ1) is 14.9. The highest BCUT2D eigenvalue weighted by molar-refractivity contribution is 5.85. The molecule has 1 saturated heterocycles. The van der Waals surface area contributed by atoms with E-state index in [2.05, 4.69) is 10.3 Å². The van der Waals surface area contributed by atoms with E-state index in [0.29, 0.717) is 37.0 Å². The zero-order valence-electron chi connectivity index (χ0n) is 17.8. The van der Waals surface area contributed by atoms with E-state index in [4.69, 9.17) is 4.74 Å². The minimum Gasteiger partial charge on any atom is -0.466 e. The molecule has 2 aromatic rings. The molecular formula is C21H27N5O5. The summed E-state index contributed by atoms with van der Waals surface area (Å²) in [4.78, 5) is 52.5. The fraction of sp³-hybridized carbons (Fsp3) is 0.524. The molecule has 10 heteroatoms. The van der Waals surface area contributed by atoms with Crippen LogP contribution in [-0.2, 0) is 25.7 Å². The Labute approximate surface area is 179 Å². The Morgan fingerprint density at radius 1 is 1.26 bits per heavy atom. The summed E-state index contributed by atoms with van der Waals surface area (Å²) < 4.78 is 6.22. The molecule has 0 saturated carbocycles. The topological polar surface area (TPSA) is 115 Å². The van der Waals surface area contributed by atoms with Gasteiger partial charge in [-0.05, 0) is 31.9 Å². The van der Waals surface area contributed by atoms with Crippen LogP contribution in [0.15, 0.2) is 29.1 Å². The van der Waals surface area contributed by atoms with Gasteiger partial charge in [0.25, 0.3) is 5.56 Å². The molecule has 0 bridgehead atoms. The van der Waals surface area contributed by atoms with E-state index < -0.39 is 0 Å². The van der Waals surface area contributed by atoms with E-state index in [1.54, 1.807) is 43.1 Å². The van der Waals surface area contributed by atoms with Gasteiger partial charge < -0.3 is 14.5 Å². The standard InChI is InChI=1S/C21H27N5O5/c1-3-31-21(30)15-7-6-11-25(13-15)19(28)14-24(2)18(27)10-12-26-20(29)16-8-4-5-9-17(16)22-23-26/h4-5,8-9,15H,3,6-7,10-14H2,1-2H3. The smallest absolute Gasteiger partial charge is 0.310 e. The number of likely N-dealkylation sites (N-methyl/N-ethyl adjacent to an activating group) is 1. The van der Waals surface area contributed by atoms with Crippen LogP contribution in [0.25, 0.3) is 10.9 Å². The first-order valence-electron chi connectivity index (χ1n) is 10.4. The normalized spacial score (nSPS) is 16.2. The second kappa shape index (κ2) is 10.1. The average molecular weight is 429 g/mol. The quantitative estimate of drug-likeness (QED) is 0.587. The van der Waals surface area contributed by atoms with Gasteiger partial charge in [0.15, 0.2) is 0 Å². The van der Waals surface area contributed by atoms with Crippen LogP contribution in [0.5, 0.6) is 0 Å². The first kappa shape index (κ1) is 22.4. The lowest BCUT2D eigenvalue weighted by molar-refractivity contribution is -0.152. The lowest BCUT2D eigenvalue weighted by Gasteiger charge is -2.32. The Bertz CT molecular complexity index is 1020. The van der Waals surface area contributed by atoms with Gasteiger partial charge in [0.2, 0.25) is 11.8 Å². The van der Waals surface area contributed by atoms with Gasteiger partial charge >= 0.3 is 5.97 Å². The van der Waals surface area contributed by atoms with E-state index in [1.807, 2.05) is 0 Å². The summed E-state index contributed by atoms with van der Waals surface area (Å²) in [6.07, 6.45) is 1.43. The van der Waals surface area contributed by atoms with Gasteiger partial charge in [-0.2, -0.15) is 0 Å². The van der Waals surface area contributed by atoms with Crippen molar-refractivity contribution in [3.63, 3.8) is 0 Å². The molecule has 1 atom stereocenters. The molecule has 1 aliphatic rings. The Hall–Kier alpha value is -3.30. The molecular weight excluding hydrogens is 402 g/mol. The van der Waals surface area contributed by atoms with Crippen molar-refractivity contribution in [3.8, 4) is 0 Å². The van der Waals surface area contributed by atoms with Gasteiger partial charge in [0, 0.05) is 26.6 Å². The van der Waals surface area contributed by atoms with E-state index >= 15 is 0 Å². The molecule has 0 aliphatic carbocycles. The van der Waals surface area contributed by atoms with Crippen molar-refractivity contribution >= 4 is 28.7 Å². The number of aryl methyl sites for hydroxylation is 1. The molecule has 1 fully saturated rings. The highest BCUT2D eigenvalue weighted by atomic mass is 16.5. The lowest BCUT2D eigenvalue weighted by Crippen LogP contribution is -2.47. The third kappa shape index (κ3) is 5.44. The number of aromatic nitrogens is 3. The Morgan fingerprint density at radius 2 is 2.03 bits per heavy atom. The van der Waals surface area contributed by atoms with Gasteiger partial charge in [0.1, 0.15) is 5.52 Å². The summed E-state index contributed by atoms with van der Waals surface area (Å²) >= 11 is 0. The molecule has 166 valence electrons. The molecule has 0 N–H and O–H groups in total. The van der Waals surface area contributed by atoms with Crippen molar-refractivity contribution in [2.24, 2.45) is 5.92 Å². The zero-order chi connectivity index (χ0) is 22.4. The lowest BCUT2D eigenvalue weighted by atomic mass is 9.98. The second-order valence-corrected chi connectivity index (χ2v) is 7.57. The Balaban J connectivity index is 1.53. The molecule has 1 aromatic carbocycles. The summed E-state index contributed by atoms with van der Waals surface area (Å²) in [5.74, 6) is -1.11. The number of rotatable bonds is 7. The van der Waals surface area contributed by atoms with Crippen LogP contribution in [-0.4, -0.2) is 75.9 Å². The molecule has 2 heterocycles. The summed E-state index contributed by atoms with van der Waals surface area (Å²) in [7, 11) is 1.54. The fourth-order valence-corrected chi connectivity index (χ4v) is 3.61. The molecule has 3 rings (SSSR count). The van der Waals surface area contributed by atoms with Crippen LogP contribution in [0.1, 0.15) is 26.2 Å². The minimum absolute atomic E-state index is 0.0160. The van der Waals surface area contributed by atoms with Gasteiger partial charge in [-0.15, -0.1) is 5.10 Å². The largest absolute Gasteiger partial charge is 0.466 e. The molecule has 1 unspecified atom stereocenters. The van der Waals surface area contributed by atoms with E-state index in [0.717, 1.165) is 11.1 Å². The minimum atomic E-state index is -0.322. The number of carbonyl (C=O) groups excluding carboxylic acids is 3. The van der Waals surface area contributed by atoms with Crippen LogP contribution < -0.4 is 5.56 Å². The molecule has 31 heavy (non-hydrogen) atoms. The van der Waals surface area contributed by atoms with Crippen molar-refractivity contribution in [2.45, 2.75) is 32.7 Å². The third-order valence-electron chi connectivity index (χ3n) is 5.36. The third-order valence-corrected chi connectivity index (χ3v) is 5.36. The van der Waals surface area contributed by atoms with Crippen LogP contribution >= 0.6 is 0 Å². The van der Waals surface area contributed by atoms with Crippen molar-refractivity contribution < 1.29 is 19.1 Å². The number of esters is 1. The number of benzene rings is 1. The number of amides is 2. The van der Waals surface area contributed by atoms with Crippen molar-refractivity contribution in [1.82, 2.24) is 24.8 Å². The molecule has 0 spiro atoms. The number of nitrogens with zero attached hydrogens (tertiary/aromatic N) is 5. The number of hydrogen-bond acceptors (Lipinski definition) is 7. The monoisotopic (exact) mass is 429 g/mol. The summed E-state index contributed by atoms with van der Waals surface area (Å²) in [5, 5.41) is 8.31. The van der Waals surface area contributed by atoms with Gasteiger partial charge in [-0.25, -0.2) is 4.68 Å². The summed E-state index contributed by atoms with van der Waals surface area (Å²) in [5.41, 5.74) is 0.191. The first-order valence-corrected chi connectivity index (χ1v) is 10.4. The van der Waals surface area contributed by atoms with Crippen LogP contribution in [0.3, 0.4) is 0 Å². The van der Waals surface area contributed by atoms with Crippen molar-refractivity contribution in [1.29, 1.82) is 0 Å². The van der Waals surface area contributed by atoms with Crippen LogP contribution in [0.4, 0.5) is 0 Å². The zero-order valence-corrected chi connectivity index (χ0v) is 17.8. The maximum atomic E-state index is 12.6. The average Bonchev–Trinajstić information content (AvgIpc) is 2.78. The molecule has 1 aliphatic heterocycles. The number of fused-ring (bicyclic) bond motifs is 1. The SMILES string of the molecule is CCOC(=O)C1CCCN(C(=O)CN(C)C(=O)CCn2nnc3ccccc3c2=O)C1. The predicted molar refractivity (Wildman–Crippen MR) is 112 cm³/mol. The molecule has 0 radical (unpaired) electrons. The Kier molecular flexibility index (Phi) is 7.32. The maximum absolute atomic E-state index is 12.6. The van der Waals surface area contributed by atoms with E-state index in [-0.39, 0.29) is 48.8 Å². The van der Waals surface area contributed by atoms with Crippen LogP contribution in [0.2, 0.25) is 0 Å². The van der Waals surface area contributed by atoms with Gasteiger partial charge in [0.05, 0.1) is 31.0 Å². The molecule has 1 aromatic heterocycles. The summed E-state index contributed by atoms with van der Waals surface area (Å²) in [6.45, 7) is 2.91. The number of ether oxygens (including phenoxy) is 1. The number of hydrogen-bond donors (Lipinski definition) is 0. The summed E-state index contributed by atoms with van der Waals surface area (Å²) in [6, 6.07) is 6.88. The van der Waals surface area contributed by atoms with Gasteiger partial charge in [-0.3, -0.25) is 19.2 Å². The second-order valence-electron chi connectivity index (χ2n) is 7.57. The molecule has 2 amide bonds. The highest BCUT2D eigenvalue weighted by Crippen LogP contribution is 2.18. The Morgan fingerprint density at radius 3 is 2.81 bits per heavy atom. The number of carbonyl (C=O) groups is 3. The number of likely N-dealkylation sites (tertiary alicyclic amines) is 1. The van der Waals surface area contributed by atoms with Gasteiger partial charge in [-0.1, -0.05) is 17.3 Å². The van der Waals surface area contributed by atoms with E-state index in [9.17, 15) is 19.2 Å². The highest BCUT2D eigenvalue weighted by Gasteiger charge is 2.30. The number of piperidine rings is 1. The predicted octanol–water partition coefficient (Wildman–Crippen LogP) is 0.442. The van der Waals surface area contributed by atoms with Crippen molar-refractivity contribution in [2.75, 3.05) is 33.3 Å².